The monoisotopic (exact) mass is 353 g/mol. The smallest absolute Gasteiger partial charge is 0.273 e. The van der Waals surface area contributed by atoms with Crippen molar-refractivity contribution in [1.29, 1.82) is 0 Å². The fraction of sp³-hybridized carbons (Fsp3) is 0.263. The molecule has 2 aromatic carbocycles. The van der Waals surface area contributed by atoms with Crippen LogP contribution < -0.4 is 0 Å². The molecular weight excluding hydrogens is 334 g/mol. The minimum Gasteiger partial charge on any atom is -0.302 e. The number of nitro benzene ring substituents is 1. The van der Waals surface area contributed by atoms with E-state index >= 15 is 0 Å². The normalized spacial score (nSPS) is 13.4. The van der Waals surface area contributed by atoms with E-state index in [9.17, 15) is 19.7 Å². The van der Waals surface area contributed by atoms with Crippen LogP contribution in [0.4, 0.5) is 5.69 Å². The van der Waals surface area contributed by atoms with Gasteiger partial charge >= 0.3 is 0 Å². The highest BCUT2D eigenvalue weighted by Crippen LogP contribution is 2.23. The summed E-state index contributed by atoms with van der Waals surface area (Å²) in [4.78, 5) is 38.5. The predicted octanol–water partition coefficient (Wildman–Crippen LogP) is 2.71. The van der Waals surface area contributed by atoms with Gasteiger partial charge in [0.2, 0.25) is 0 Å². The molecular formula is C19H19N3O4. The Balaban J connectivity index is 1.55. The summed E-state index contributed by atoms with van der Waals surface area (Å²) in [6.45, 7) is 1.37. The van der Waals surface area contributed by atoms with E-state index in [1.807, 2.05) is 11.9 Å². The Morgan fingerprint density at radius 3 is 2.19 bits per heavy atom. The van der Waals surface area contributed by atoms with E-state index in [-0.39, 0.29) is 22.4 Å². The quantitative estimate of drug-likeness (QED) is 0.434. The van der Waals surface area contributed by atoms with Crippen LogP contribution in [0, 0.1) is 10.1 Å². The molecule has 3 rings (SSSR count). The molecule has 7 heteroatoms. The van der Waals surface area contributed by atoms with Crippen molar-refractivity contribution in [2.24, 2.45) is 0 Å². The second-order valence-corrected chi connectivity index (χ2v) is 6.28. The highest BCUT2D eigenvalue weighted by molar-refractivity contribution is 6.21. The number of carbonyl (C=O) groups excluding carboxylic acids is 2. The topological polar surface area (TPSA) is 83.8 Å². The van der Waals surface area contributed by atoms with Crippen molar-refractivity contribution in [1.82, 2.24) is 9.80 Å². The van der Waals surface area contributed by atoms with Gasteiger partial charge in [0.15, 0.2) is 0 Å². The lowest BCUT2D eigenvalue weighted by Crippen LogP contribution is -2.32. The standard InChI is InChI=1S/C19H19N3O4/c1-20(13-14-7-2-5-10-17(14)22(25)26)11-6-12-21-18(23)15-8-3-4-9-16(15)19(21)24/h2-5,7-10H,6,11-13H2,1H3. The van der Waals surface area contributed by atoms with Crippen molar-refractivity contribution in [3.05, 3.63) is 75.3 Å². The first kappa shape index (κ1) is 17.8. The van der Waals surface area contributed by atoms with Crippen LogP contribution in [0.5, 0.6) is 0 Å². The van der Waals surface area contributed by atoms with Crippen molar-refractivity contribution < 1.29 is 14.5 Å². The first-order valence-corrected chi connectivity index (χ1v) is 8.35. The maximum atomic E-state index is 12.3. The molecule has 134 valence electrons. The Bertz CT molecular complexity index is 830. The van der Waals surface area contributed by atoms with Gasteiger partial charge in [0.25, 0.3) is 17.5 Å². The number of imide groups is 1. The molecule has 0 fully saturated rings. The van der Waals surface area contributed by atoms with Crippen LogP contribution in [-0.2, 0) is 6.54 Å². The van der Waals surface area contributed by atoms with Crippen LogP contribution >= 0.6 is 0 Å². The summed E-state index contributed by atoms with van der Waals surface area (Å²) in [5.41, 5.74) is 1.64. The molecule has 0 aliphatic carbocycles. The molecule has 0 bridgehead atoms. The van der Waals surface area contributed by atoms with Gasteiger partial charge in [0.05, 0.1) is 16.1 Å². The van der Waals surface area contributed by atoms with Gasteiger partial charge in [0, 0.05) is 24.7 Å². The largest absolute Gasteiger partial charge is 0.302 e. The Hall–Kier alpha value is -3.06. The van der Waals surface area contributed by atoms with Gasteiger partial charge in [-0.2, -0.15) is 0 Å². The number of fused-ring (bicyclic) bond motifs is 1. The number of benzene rings is 2. The molecule has 1 aliphatic heterocycles. The second kappa shape index (κ2) is 7.45. The van der Waals surface area contributed by atoms with Gasteiger partial charge in [-0.15, -0.1) is 0 Å². The number of hydrogen-bond acceptors (Lipinski definition) is 5. The number of amides is 2. The third-order valence-corrected chi connectivity index (χ3v) is 4.43. The molecule has 0 atom stereocenters. The number of nitrogens with zero attached hydrogens (tertiary/aromatic N) is 3. The van der Waals surface area contributed by atoms with Crippen LogP contribution in [0.2, 0.25) is 0 Å². The summed E-state index contributed by atoms with van der Waals surface area (Å²) in [5, 5.41) is 11.1. The van der Waals surface area contributed by atoms with Crippen LogP contribution in [0.3, 0.4) is 0 Å². The van der Waals surface area contributed by atoms with Crippen LogP contribution in [0.15, 0.2) is 48.5 Å². The van der Waals surface area contributed by atoms with E-state index in [4.69, 9.17) is 0 Å². The number of nitro groups is 1. The third kappa shape index (κ3) is 3.48. The number of carbonyl (C=O) groups is 2. The third-order valence-electron chi connectivity index (χ3n) is 4.43. The van der Waals surface area contributed by atoms with Crippen molar-refractivity contribution in [2.45, 2.75) is 13.0 Å². The van der Waals surface area contributed by atoms with E-state index < -0.39 is 0 Å². The molecule has 26 heavy (non-hydrogen) atoms. The molecule has 0 radical (unpaired) electrons. The molecule has 2 amide bonds. The zero-order valence-corrected chi connectivity index (χ0v) is 14.4. The minimum absolute atomic E-state index is 0.0969. The molecule has 0 saturated carbocycles. The average molecular weight is 353 g/mol. The SMILES string of the molecule is CN(CCCN1C(=O)c2ccccc2C1=O)Cc1ccccc1[N+](=O)[O-]. The lowest BCUT2D eigenvalue weighted by molar-refractivity contribution is -0.385. The van der Waals surface area contributed by atoms with E-state index in [0.717, 1.165) is 0 Å². The maximum absolute atomic E-state index is 12.3. The first-order valence-electron chi connectivity index (χ1n) is 8.35. The van der Waals surface area contributed by atoms with Gasteiger partial charge in [-0.1, -0.05) is 30.3 Å². The van der Waals surface area contributed by atoms with E-state index in [2.05, 4.69) is 0 Å². The average Bonchev–Trinajstić information content (AvgIpc) is 2.87. The highest BCUT2D eigenvalue weighted by atomic mass is 16.6. The zero-order chi connectivity index (χ0) is 18.7. The van der Waals surface area contributed by atoms with Gasteiger partial charge in [-0.3, -0.25) is 24.6 Å². The van der Waals surface area contributed by atoms with Crippen molar-refractivity contribution in [3.63, 3.8) is 0 Å². The number of para-hydroxylation sites is 1. The molecule has 1 aliphatic rings. The molecule has 0 aromatic heterocycles. The molecule has 0 N–H and O–H groups in total. The van der Waals surface area contributed by atoms with Crippen LogP contribution in [0.1, 0.15) is 32.7 Å². The summed E-state index contributed by atoms with van der Waals surface area (Å²) >= 11 is 0. The van der Waals surface area contributed by atoms with Crippen molar-refractivity contribution in [2.75, 3.05) is 20.1 Å². The Morgan fingerprint density at radius 2 is 1.58 bits per heavy atom. The first-order chi connectivity index (χ1) is 12.5. The Morgan fingerprint density at radius 1 is 1.00 bits per heavy atom. The minimum atomic E-state index is -0.387. The Labute approximate surface area is 151 Å². The number of rotatable bonds is 7. The molecule has 0 unspecified atom stereocenters. The maximum Gasteiger partial charge on any atom is 0.273 e. The fourth-order valence-electron chi connectivity index (χ4n) is 3.13. The molecule has 7 nitrogen and oxygen atoms in total. The van der Waals surface area contributed by atoms with Crippen molar-refractivity contribution >= 4 is 17.5 Å². The molecule has 0 spiro atoms. The van der Waals surface area contributed by atoms with E-state index in [1.54, 1.807) is 42.5 Å². The predicted molar refractivity (Wildman–Crippen MR) is 95.9 cm³/mol. The summed E-state index contributed by atoms with van der Waals surface area (Å²) in [6, 6.07) is 13.5. The summed E-state index contributed by atoms with van der Waals surface area (Å²) in [6.07, 6.45) is 0.600. The van der Waals surface area contributed by atoms with Crippen molar-refractivity contribution in [3.8, 4) is 0 Å². The lowest BCUT2D eigenvalue weighted by atomic mass is 10.1. The summed E-state index contributed by atoms with van der Waals surface area (Å²) < 4.78 is 0. The van der Waals surface area contributed by atoms with Crippen LogP contribution in [-0.4, -0.2) is 46.7 Å². The summed E-state index contributed by atoms with van der Waals surface area (Å²) in [5.74, 6) is -0.515. The second-order valence-electron chi connectivity index (χ2n) is 6.28. The lowest BCUT2D eigenvalue weighted by Gasteiger charge is -2.19. The molecule has 2 aromatic rings. The molecule has 0 saturated heterocycles. The Kier molecular flexibility index (Phi) is 5.09. The molecule has 1 heterocycles. The van der Waals surface area contributed by atoms with Gasteiger partial charge in [0.1, 0.15) is 0 Å². The van der Waals surface area contributed by atoms with Crippen LogP contribution in [0.25, 0.3) is 0 Å². The van der Waals surface area contributed by atoms with E-state index in [1.165, 1.54) is 11.0 Å². The number of hydrogen-bond donors (Lipinski definition) is 0. The fourth-order valence-corrected chi connectivity index (χ4v) is 3.13. The van der Waals surface area contributed by atoms with E-state index in [0.29, 0.717) is 42.7 Å². The highest BCUT2D eigenvalue weighted by Gasteiger charge is 2.34. The van der Waals surface area contributed by atoms with Gasteiger partial charge in [-0.25, -0.2) is 0 Å². The van der Waals surface area contributed by atoms with Gasteiger partial charge < -0.3 is 4.90 Å². The summed E-state index contributed by atoms with van der Waals surface area (Å²) in [7, 11) is 1.86. The zero-order valence-electron chi connectivity index (χ0n) is 14.4. The van der Waals surface area contributed by atoms with Gasteiger partial charge in [-0.05, 0) is 32.1 Å².